The molecule has 2 heterocycles. The number of nitrogens with one attached hydrogen (secondary N) is 3. The van der Waals surface area contributed by atoms with Crippen molar-refractivity contribution in [3.05, 3.63) is 50.4 Å². The van der Waals surface area contributed by atoms with Crippen LogP contribution >= 0.6 is 35.3 Å². The number of carbonyl (C=O) groups excluding carboxylic acids is 2. The standard InChI is InChI=1S/C19H21ClFN3O2S.ClH/c1-10(2)11-4-5-27-16(11)19(8-23-9-19)18(26)24-15-7-14(21)13(20)6-12(15)17(25)22-3;/h4-7,10,23H,8-9H2,1-3H3,(H,22,25)(H,24,26);1H. The SMILES string of the molecule is CNC(=O)c1cc(Cl)c(F)cc1NC(=O)C1(c2sccc2C(C)C)CNC1.Cl. The first-order valence-electron chi connectivity index (χ1n) is 8.61. The molecule has 0 atom stereocenters. The van der Waals surface area contributed by atoms with E-state index in [4.69, 9.17) is 11.6 Å². The van der Waals surface area contributed by atoms with E-state index in [1.165, 1.54) is 13.1 Å². The summed E-state index contributed by atoms with van der Waals surface area (Å²) in [7, 11) is 1.46. The van der Waals surface area contributed by atoms with Gasteiger partial charge in [-0.3, -0.25) is 9.59 Å². The smallest absolute Gasteiger partial charge is 0.253 e. The van der Waals surface area contributed by atoms with Gasteiger partial charge < -0.3 is 16.0 Å². The van der Waals surface area contributed by atoms with Crippen LogP contribution in [0, 0.1) is 5.82 Å². The van der Waals surface area contributed by atoms with Gasteiger partial charge in [-0.05, 0) is 35.1 Å². The molecule has 9 heteroatoms. The van der Waals surface area contributed by atoms with E-state index in [1.54, 1.807) is 11.3 Å². The highest BCUT2D eigenvalue weighted by Crippen LogP contribution is 2.39. The molecule has 2 amide bonds. The van der Waals surface area contributed by atoms with Crippen molar-refractivity contribution in [1.82, 2.24) is 10.6 Å². The van der Waals surface area contributed by atoms with Crippen molar-refractivity contribution >= 4 is 52.8 Å². The van der Waals surface area contributed by atoms with Gasteiger partial charge in [0.05, 0.1) is 16.3 Å². The van der Waals surface area contributed by atoms with Gasteiger partial charge in [-0.2, -0.15) is 0 Å². The fourth-order valence-corrected chi connectivity index (χ4v) is 4.59. The summed E-state index contributed by atoms with van der Waals surface area (Å²) < 4.78 is 14.0. The minimum atomic E-state index is -0.732. The summed E-state index contributed by atoms with van der Waals surface area (Å²) in [5.74, 6) is -1.13. The molecule has 1 saturated heterocycles. The molecule has 3 rings (SSSR count). The van der Waals surface area contributed by atoms with Crippen molar-refractivity contribution < 1.29 is 14.0 Å². The van der Waals surface area contributed by atoms with Gasteiger partial charge in [0, 0.05) is 25.0 Å². The third kappa shape index (κ3) is 3.89. The lowest BCUT2D eigenvalue weighted by Crippen LogP contribution is -2.63. The minimum absolute atomic E-state index is 0. The largest absolute Gasteiger partial charge is 0.355 e. The molecule has 152 valence electrons. The average Bonchev–Trinajstić information content (AvgIpc) is 3.06. The molecule has 3 N–H and O–H groups in total. The van der Waals surface area contributed by atoms with Crippen molar-refractivity contribution in [3.63, 3.8) is 0 Å². The second kappa shape index (κ2) is 8.78. The number of hydrogen-bond acceptors (Lipinski definition) is 4. The second-order valence-electron chi connectivity index (χ2n) is 6.89. The van der Waals surface area contributed by atoms with Crippen LogP contribution in [0.5, 0.6) is 0 Å². The van der Waals surface area contributed by atoms with Gasteiger partial charge >= 0.3 is 0 Å². The van der Waals surface area contributed by atoms with Gasteiger partial charge in [-0.25, -0.2) is 4.39 Å². The molecule has 0 spiro atoms. The Morgan fingerprint density at radius 1 is 1.32 bits per heavy atom. The van der Waals surface area contributed by atoms with Gasteiger partial charge in [0.15, 0.2) is 0 Å². The van der Waals surface area contributed by atoms with Crippen LogP contribution in [-0.2, 0) is 10.2 Å². The van der Waals surface area contributed by atoms with Crippen molar-refractivity contribution in [2.45, 2.75) is 25.2 Å². The number of halogens is 3. The van der Waals surface area contributed by atoms with Gasteiger partial charge in [-0.15, -0.1) is 23.7 Å². The Kier molecular flexibility index (Phi) is 7.09. The van der Waals surface area contributed by atoms with Crippen molar-refractivity contribution in [1.29, 1.82) is 0 Å². The number of hydrogen-bond donors (Lipinski definition) is 3. The molecule has 0 bridgehead atoms. The van der Waals surface area contributed by atoms with Crippen LogP contribution < -0.4 is 16.0 Å². The Morgan fingerprint density at radius 2 is 2.00 bits per heavy atom. The number of rotatable bonds is 5. The van der Waals surface area contributed by atoms with E-state index in [0.29, 0.717) is 13.1 Å². The molecule has 0 aliphatic carbocycles. The summed E-state index contributed by atoms with van der Waals surface area (Å²) in [4.78, 5) is 26.4. The van der Waals surface area contributed by atoms with Gasteiger partial charge in [0.25, 0.3) is 5.91 Å². The highest BCUT2D eigenvalue weighted by molar-refractivity contribution is 7.10. The van der Waals surface area contributed by atoms with Crippen LogP contribution in [0.2, 0.25) is 5.02 Å². The zero-order valence-corrected chi connectivity index (χ0v) is 18.1. The lowest BCUT2D eigenvalue weighted by molar-refractivity contribution is -0.123. The summed E-state index contributed by atoms with van der Waals surface area (Å²) in [6.45, 7) is 5.15. The quantitative estimate of drug-likeness (QED) is 0.652. The number of carbonyl (C=O) groups is 2. The van der Waals surface area contributed by atoms with Gasteiger partial charge in [0.1, 0.15) is 11.2 Å². The summed E-state index contributed by atoms with van der Waals surface area (Å²) in [6.07, 6.45) is 0. The first-order valence-corrected chi connectivity index (χ1v) is 9.87. The molecule has 0 unspecified atom stereocenters. The van der Waals surface area contributed by atoms with E-state index in [9.17, 15) is 14.0 Å². The molecule has 1 aliphatic heterocycles. The fourth-order valence-electron chi connectivity index (χ4n) is 3.18. The maximum absolute atomic E-state index is 14.0. The van der Waals surface area contributed by atoms with E-state index in [0.717, 1.165) is 16.5 Å². The Labute approximate surface area is 178 Å². The first-order chi connectivity index (χ1) is 12.8. The Hall–Kier alpha value is -1.67. The third-order valence-corrected chi connectivity index (χ3v) is 6.24. The molecule has 28 heavy (non-hydrogen) atoms. The maximum atomic E-state index is 14.0. The zero-order valence-electron chi connectivity index (χ0n) is 15.7. The van der Waals surface area contributed by atoms with Gasteiger partial charge in [-0.1, -0.05) is 25.4 Å². The van der Waals surface area contributed by atoms with Crippen LogP contribution in [0.15, 0.2) is 23.6 Å². The lowest BCUT2D eigenvalue weighted by atomic mass is 9.76. The van der Waals surface area contributed by atoms with Crippen molar-refractivity contribution in [2.75, 3.05) is 25.5 Å². The molecular weight excluding hydrogens is 424 g/mol. The molecular formula is C19H22Cl2FN3O2S. The highest BCUT2D eigenvalue weighted by Gasteiger charge is 2.48. The predicted molar refractivity (Wildman–Crippen MR) is 114 cm³/mol. The van der Waals surface area contributed by atoms with Crippen LogP contribution in [0.25, 0.3) is 0 Å². The Morgan fingerprint density at radius 3 is 2.54 bits per heavy atom. The Bertz CT molecular complexity index is 897. The van der Waals surface area contributed by atoms with Crippen LogP contribution in [-0.4, -0.2) is 32.0 Å². The van der Waals surface area contributed by atoms with Crippen LogP contribution in [0.3, 0.4) is 0 Å². The summed E-state index contributed by atoms with van der Waals surface area (Å²) in [5, 5.41) is 10.2. The van der Waals surface area contributed by atoms with E-state index in [-0.39, 0.29) is 40.5 Å². The lowest BCUT2D eigenvalue weighted by Gasteiger charge is -2.41. The number of thiophene rings is 1. The second-order valence-corrected chi connectivity index (χ2v) is 8.21. The molecule has 0 radical (unpaired) electrons. The van der Waals surface area contributed by atoms with Crippen LogP contribution in [0.1, 0.15) is 40.6 Å². The molecule has 1 fully saturated rings. The fraction of sp³-hybridized carbons (Fsp3) is 0.368. The maximum Gasteiger partial charge on any atom is 0.253 e. The van der Waals surface area contributed by atoms with Gasteiger partial charge in [0.2, 0.25) is 5.91 Å². The van der Waals surface area contributed by atoms with E-state index in [2.05, 4.69) is 29.8 Å². The van der Waals surface area contributed by atoms with E-state index in [1.807, 2.05) is 11.4 Å². The third-order valence-electron chi connectivity index (χ3n) is 4.82. The summed E-state index contributed by atoms with van der Waals surface area (Å²) in [6, 6.07) is 4.35. The molecule has 1 aromatic carbocycles. The summed E-state index contributed by atoms with van der Waals surface area (Å²) >= 11 is 7.36. The van der Waals surface area contributed by atoms with E-state index >= 15 is 0 Å². The average molecular weight is 446 g/mol. The molecule has 1 aliphatic rings. The van der Waals surface area contributed by atoms with Crippen molar-refractivity contribution in [3.8, 4) is 0 Å². The number of benzene rings is 1. The van der Waals surface area contributed by atoms with Crippen molar-refractivity contribution in [2.24, 2.45) is 0 Å². The first kappa shape index (κ1) is 22.6. The van der Waals surface area contributed by atoms with E-state index < -0.39 is 17.1 Å². The zero-order chi connectivity index (χ0) is 19.8. The molecule has 2 aromatic rings. The van der Waals surface area contributed by atoms with Crippen LogP contribution in [0.4, 0.5) is 10.1 Å². The highest BCUT2D eigenvalue weighted by atomic mass is 35.5. The normalized spacial score (nSPS) is 14.8. The minimum Gasteiger partial charge on any atom is -0.355 e. The molecule has 0 saturated carbocycles. The monoisotopic (exact) mass is 445 g/mol. The Balaban J connectivity index is 0.00000280. The molecule has 1 aromatic heterocycles. The molecule has 5 nitrogen and oxygen atoms in total. The number of anilines is 1. The predicted octanol–water partition coefficient (Wildman–Crippen LogP) is 3.93. The number of amides is 2. The topological polar surface area (TPSA) is 70.2 Å². The summed E-state index contributed by atoms with van der Waals surface area (Å²) in [5.41, 5.74) is 0.625.